The summed E-state index contributed by atoms with van der Waals surface area (Å²) in [4.78, 5) is 0. The van der Waals surface area contributed by atoms with Crippen LogP contribution in [0.1, 0.15) is 44.9 Å². The predicted octanol–water partition coefficient (Wildman–Crippen LogP) is 4.05. The molecule has 0 heterocycles. The van der Waals surface area contributed by atoms with Crippen LogP contribution in [0, 0.1) is 6.42 Å². The zero-order chi connectivity index (χ0) is 8.49. The molecule has 0 aromatic carbocycles. The third-order valence-corrected chi connectivity index (χ3v) is 2.18. The summed E-state index contributed by atoms with van der Waals surface area (Å²) in [7, 11) is 0. The van der Waals surface area contributed by atoms with Gasteiger partial charge in [-0.1, -0.05) is 30.7 Å². The quantitative estimate of drug-likeness (QED) is 0.473. The zero-order valence-corrected chi connectivity index (χ0v) is 7.84. The Bertz CT molecular complexity index is 126. The molecule has 0 aromatic rings. The molecule has 0 aliphatic heterocycles. The molecular formula is C12H19. The third-order valence-electron chi connectivity index (χ3n) is 2.18. The zero-order valence-electron chi connectivity index (χ0n) is 7.84. The van der Waals surface area contributed by atoms with Gasteiger partial charge in [-0.25, -0.2) is 0 Å². The minimum Gasteiger partial charge on any atom is -0.0885 e. The fraction of sp³-hybridized carbons (Fsp3) is 0.583. The maximum absolute atomic E-state index is 2.33. The van der Waals surface area contributed by atoms with Crippen molar-refractivity contribution >= 4 is 0 Å². The van der Waals surface area contributed by atoms with Gasteiger partial charge >= 0.3 is 0 Å². The molecule has 0 N–H and O–H groups in total. The van der Waals surface area contributed by atoms with Crippen LogP contribution in [0.3, 0.4) is 0 Å². The summed E-state index contributed by atoms with van der Waals surface area (Å²) in [5.74, 6) is 0. The Hall–Kier alpha value is -0.520. The maximum atomic E-state index is 2.33. The summed E-state index contributed by atoms with van der Waals surface area (Å²) in [6, 6.07) is 0. The van der Waals surface area contributed by atoms with Crippen LogP contribution >= 0.6 is 0 Å². The molecule has 0 unspecified atom stereocenters. The van der Waals surface area contributed by atoms with Gasteiger partial charge in [0.2, 0.25) is 0 Å². The predicted molar refractivity (Wildman–Crippen MR) is 54.9 cm³/mol. The lowest BCUT2D eigenvalue weighted by atomic mass is 10.1. The van der Waals surface area contributed by atoms with Crippen molar-refractivity contribution in [3.8, 4) is 0 Å². The van der Waals surface area contributed by atoms with E-state index < -0.39 is 0 Å². The maximum Gasteiger partial charge on any atom is -0.0167 e. The minimum atomic E-state index is 1.20. The Balaban J connectivity index is 2.19. The van der Waals surface area contributed by atoms with Crippen LogP contribution in [-0.2, 0) is 0 Å². The number of hydrogen-bond donors (Lipinski definition) is 0. The van der Waals surface area contributed by atoms with Crippen LogP contribution in [0.25, 0.3) is 0 Å². The van der Waals surface area contributed by atoms with Crippen molar-refractivity contribution in [2.75, 3.05) is 0 Å². The van der Waals surface area contributed by atoms with Crippen LogP contribution in [0.2, 0.25) is 0 Å². The first kappa shape index (κ1) is 9.57. The van der Waals surface area contributed by atoms with Gasteiger partial charge in [-0.05, 0) is 44.9 Å². The SMILES string of the molecule is [CH]1/C=C/CCCCC/C=C/CC1. The highest BCUT2D eigenvalue weighted by atomic mass is 13.9. The summed E-state index contributed by atoms with van der Waals surface area (Å²) in [5, 5.41) is 0. The monoisotopic (exact) mass is 163 g/mol. The number of allylic oxidation sites excluding steroid dienone is 4. The van der Waals surface area contributed by atoms with Crippen molar-refractivity contribution in [3.63, 3.8) is 0 Å². The van der Waals surface area contributed by atoms with E-state index in [-0.39, 0.29) is 0 Å². The smallest absolute Gasteiger partial charge is 0.0167 e. The topological polar surface area (TPSA) is 0 Å². The van der Waals surface area contributed by atoms with Crippen molar-refractivity contribution in [2.45, 2.75) is 44.9 Å². The van der Waals surface area contributed by atoms with Crippen molar-refractivity contribution in [3.05, 3.63) is 30.7 Å². The lowest BCUT2D eigenvalue weighted by molar-refractivity contribution is 0.694. The van der Waals surface area contributed by atoms with Crippen LogP contribution in [-0.4, -0.2) is 0 Å². The first-order chi connectivity index (χ1) is 6.00. The van der Waals surface area contributed by atoms with Crippen LogP contribution in [0.5, 0.6) is 0 Å². The Morgan fingerprint density at radius 3 is 2.25 bits per heavy atom. The second kappa shape index (κ2) is 7.15. The molecule has 0 fully saturated rings. The molecule has 0 aromatic heterocycles. The van der Waals surface area contributed by atoms with Crippen LogP contribution in [0.4, 0.5) is 0 Å². The minimum absolute atomic E-state index is 1.20. The molecule has 1 aliphatic rings. The van der Waals surface area contributed by atoms with E-state index in [0.717, 1.165) is 0 Å². The molecule has 1 radical (unpaired) electrons. The van der Waals surface area contributed by atoms with Gasteiger partial charge in [-0.3, -0.25) is 0 Å². The van der Waals surface area contributed by atoms with Gasteiger partial charge in [-0.15, -0.1) is 0 Å². The Morgan fingerprint density at radius 2 is 1.33 bits per heavy atom. The third kappa shape index (κ3) is 5.17. The largest absolute Gasteiger partial charge is 0.0885 e. The van der Waals surface area contributed by atoms with E-state index in [9.17, 15) is 0 Å². The molecule has 0 spiro atoms. The molecule has 0 heteroatoms. The molecule has 1 aliphatic carbocycles. The molecule has 1 rings (SSSR count). The Kier molecular flexibility index (Phi) is 5.70. The lowest BCUT2D eigenvalue weighted by Crippen LogP contribution is -1.78. The fourth-order valence-electron chi connectivity index (χ4n) is 1.42. The van der Waals surface area contributed by atoms with E-state index in [2.05, 4.69) is 30.7 Å². The van der Waals surface area contributed by atoms with Crippen molar-refractivity contribution in [1.29, 1.82) is 0 Å². The highest BCUT2D eigenvalue weighted by Gasteiger charge is 1.88. The van der Waals surface area contributed by atoms with Gasteiger partial charge in [0.05, 0.1) is 0 Å². The highest BCUT2D eigenvalue weighted by Crippen LogP contribution is 2.07. The molecule has 0 amide bonds. The highest BCUT2D eigenvalue weighted by molar-refractivity contribution is 4.96. The summed E-state index contributed by atoms with van der Waals surface area (Å²) < 4.78 is 0. The first-order valence-corrected chi connectivity index (χ1v) is 5.13. The van der Waals surface area contributed by atoms with E-state index in [1.165, 1.54) is 44.9 Å². The van der Waals surface area contributed by atoms with Crippen LogP contribution in [0.15, 0.2) is 24.3 Å². The molecule has 67 valence electrons. The van der Waals surface area contributed by atoms with E-state index in [1.807, 2.05) is 0 Å². The number of hydrogen-bond acceptors (Lipinski definition) is 0. The molecule has 0 saturated carbocycles. The summed E-state index contributed by atoms with van der Waals surface area (Å²) in [5.41, 5.74) is 0. The Labute approximate surface area is 76.4 Å². The van der Waals surface area contributed by atoms with Gasteiger partial charge in [0.1, 0.15) is 0 Å². The van der Waals surface area contributed by atoms with Gasteiger partial charge in [0, 0.05) is 0 Å². The van der Waals surface area contributed by atoms with Crippen molar-refractivity contribution in [2.24, 2.45) is 0 Å². The average Bonchev–Trinajstić information content (AvgIpc) is 2.05. The van der Waals surface area contributed by atoms with E-state index in [4.69, 9.17) is 0 Å². The summed E-state index contributed by atoms with van der Waals surface area (Å²) in [6.45, 7) is 0. The van der Waals surface area contributed by atoms with Crippen molar-refractivity contribution in [1.82, 2.24) is 0 Å². The fourth-order valence-corrected chi connectivity index (χ4v) is 1.42. The lowest BCUT2D eigenvalue weighted by Gasteiger charge is -1.97. The molecule has 0 nitrogen and oxygen atoms in total. The number of rotatable bonds is 0. The van der Waals surface area contributed by atoms with Crippen LogP contribution < -0.4 is 0 Å². The van der Waals surface area contributed by atoms with Gasteiger partial charge < -0.3 is 0 Å². The normalized spacial score (nSPS) is 26.7. The van der Waals surface area contributed by atoms with E-state index in [1.54, 1.807) is 0 Å². The molecule has 0 saturated heterocycles. The molecule has 0 atom stereocenters. The summed E-state index contributed by atoms with van der Waals surface area (Å²) >= 11 is 0. The van der Waals surface area contributed by atoms with Gasteiger partial charge in [-0.2, -0.15) is 0 Å². The first-order valence-electron chi connectivity index (χ1n) is 5.13. The Morgan fingerprint density at radius 1 is 0.583 bits per heavy atom. The van der Waals surface area contributed by atoms with E-state index in [0.29, 0.717) is 0 Å². The van der Waals surface area contributed by atoms with Gasteiger partial charge in [0.25, 0.3) is 0 Å². The second-order valence-corrected chi connectivity index (χ2v) is 3.35. The van der Waals surface area contributed by atoms with Crippen molar-refractivity contribution < 1.29 is 0 Å². The molecule has 12 heavy (non-hydrogen) atoms. The van der Waals surface area contributed by atoms with Gasteiger partial charge in [0.15, 0.2) is 0 Å². The molecule has 0 bridgehead atoms. The standard InChI is InChI=1S/C12H19/c1-2-4-6-8-10-12-11-9-7-5-3-1/h1-3,8,10H,4-7,9,11-12H2/b3-1+,10-8+. The average molecular weight is 163 g/mol. The van der Waals surface area contributed by atoms with E-state index >= 15 is 0 Å². The molecular weight excluding hydrogens is 144 g/mol. The second-order valence-electron chi connectivity index (χ2n) is 3.35. The summed E-state index contributed by atoms with van der Waals surface area (Å²) in [6.07, 6.45) is 20.5.